The van der Waals surface area contributed by atoms with E-state index in [1.165, 1.54) is 0 Å². The molecule has 0 atom stereocenters. The van der Waals surface area contributed by atoms with Crippen molar-refractivity contribution in [3.63, 3.8) is 0 Å². The minimum absolute atomic E-state index is 0.340. The van der Waals surface area contributed by atoms with E-state index in [-0.39, 0.29) is 5.41 Å². The van der Waals surface area contributed by atoms with E-state index in [1.807, 2.05) is 55.5 Å². The lowest BCUT2D eigenvalue weighted by Crippen LogP contribution is -2.08. The molecule has 23 heavy (non-hydrogen) atoms. The van der Waals surface area contributed by atoms with Crippen LogP contribution < -0.4 is 4.74 Å². The van der Waals surface area contributed by atoms with Gasteiger partial charge in [0.05, 0.1) is 5.41 Å². The van der Waals surface area contributed by atoms with E-state index in [2.05, 4.69) is 0 Å². The van der Waals surface area contributed by atoms with E-state index in [1.54, 1.807) is 0 Å². The Bertz CT molecular complexity index is 857. The van der Waals surface area contributed by atoms with E-state index >= 15 is 0 Å². The van der Waals surface area contributed by atoms with Gasteiger partial charge in [-0.25, -0.2) is 0 Å². The maximum absolute atomic E-state index is 11.5. The van der Waals surface area contributed by atoms with Crippen molar-refractivity contribution in [3.8, 4) is 5.75 Å². The van der Waals surface area contributed by atoms with Crippen LogP contribution in [0, 0.1) is 6.92 Å². The molecule has 0 amide bonds. The number of hydrogen-bond acceptors (Lipinski definition) is 3. The number of benzene rings is 2. The molecule has 0 unspecified atom stereocenters. The highest BCUT2D eigenvalue weighted by atomic mass is 16.5. The highest BCUT2D eigenvalue weighted by Crippen LogP contribution is 2.51. The highest BCUT2D eigenvalue weighted by Gasteiger charge is 2.47. The molecule has 1 fully saturated rings. The summed E-state index contributed by atoms with van der Waals surface area (Å²) in [6.07, 6.45) is 2.88. The summed E-state index contributed by atoms with van der Waals surface area (Å²) in [5.74, 6) is 1.63. The molecule has 1 saturated carbocycles. The van der Waals surface area contributed by atoms with Crippen molar-refractivity contribution < 1.29 is 13.9 Å². The molecule has 4 rings (SSSR count). The molecule has 0 spiro atoms. The second kappa shape index (κ2) is 5.27. The van der Waals surface area contributed by atoms with Crippen molar-refractivity contribution in [2.45, 2.75) is 31.8 Å². The predicted molar refractivity (Wildman–Crippen MR) is 88.7 cm³/mol. The number of carbonyl (C=O) groups is 1. The number of rotatable bonds is 5. The standard InChI is InChI=1S/C20H18O3/c1-14-19(20(13-21)9-10-20)17-11-16(7-8-18(17)23-14)22-12-15-5-3-2-4-6-15/h2-8,11,13H,9-10,12H2,1H3. The summed E-state index contributed by atoms with van der Waals surface area (Å²) >= 11 is 0. The molecule has 0 saturated heterocycles. The van der Waals surface area contributed by atoms with Gasteiger partial charge in [0.2, 0.25) is 0 Å². The van der Waals surface area contributed by atoms with Gasteiger partial charge >= 0.3 is 0 Å². The van der Waals surface area contributed by atoms with E-state index in [4.69, 9.17) is 9.15 Å². The molecule has 0 N–H and O–H groups in total. The van der Waals surface area contributed by atoms with Crippen LogP contribution >= 0.6 is 0 Å². The lowest BCUT2D eigenvalue weighted by atomic mass is 9.94. The van der Waals surface area contributed by atoms with Crippen LogP contribution in [-0.4, -0.2) is 6.29 Å². The van der Waals surface area contributed by atoms with Gasteiger partial charge in [0.1, 0.15) is 30.0 Å². The molecule has 3 heteroatoms. The summed E-state index contributed by atoms with van der Waals surface area (Å²) in [7, 11) is 0. The number of carbonyl (C=O) groups excluding carboxylic acids is 1. The number of ether oxygens (including phenoxy) is 1. The van der Waals surface area contributed by atoms with Gasteiger partial charge in [0.25, 0.3) is 0 Å². The van der Waals surface area contributed by atoms with Crippen LogP contribution in [0.5, 0.6) is 5.75 Å². The van der Waals surface area contributed by atoms with Gasteiger partial charge in [0.15, 0.2) is 0 Å². The Labute approximate surface area is 134 Å². The zero-order valence-corrected chi connectivity index (χ0v) is 13.0. The second-order valence-corrected chi connectivity index (χ2v) is 6.24. The van der Waals surface area contributed by atoms with E-state index in [0.29, 0.717) is 6.61 Å². The van der Waals surface area contributed by atoms with Crippen molar-refractivity contribution in [2.24, 2.45) is 0 Å². The van der Waals surface area contributed by atoms with E-state index in [9.17, 15) is 4.79 Å². The van der Waals surface area contributed by atoms with Crippen molar-refractivity contribution in [1.29, 1.82) is 0 Å². The number of aldehydes is 1. The highest BCUT2D eigenvalue weighted by molar-refractivity contribution is 5.90. The van der Waals surface area contributed by atoms with Crippen LogP contribution in [0.3, 0.4) is 0 Å². The van der Waals surface area contributed by atoms with Crippen molar-refractivity contribution in [1.82, 2.24) is 0 Å². The fourth-order valence-electron chi connectivity index (χ4n) is 3.21. The third-order valence-corrected chi connectivity index (χ3v) is 4.60. The maximum atomic E-state index is 11.5. The van der Waals surface area contributed by atoms with Crippen LogP contribution in [0.2, 0.25) is 0 Å². The van der Waals surface area contributed by atoms with Crippen LogP contribution in [-0.2, 0) is 16.8 Å². The Kier molecular flexibility index (Phi) is 3.22. The summed E-state index contributed by atoms with van der Waals surface area (Å²) in [4.78, 5) is 11.5. The number of hydrogen-bond donors (Lipinski definition) is 0. The SMILES string of the molecule is Cc1oc2ccc(OCc3ccccc3)cc2c1C1(C=O)CC1. The second-order valence-electron chi connectivity index (χ2n) is 6.24. The van der Waals surface area contributed by atoms with Gasteiger partial charge in [-0.05, 0) is 43.5 Å². The Morgan fingerprint density at radius 2 is 1.96 bits per heavy atom. The zero-order valence-electron chi connectivity index (χ0n) is 13.0. The molecule has 0 aliphatic heterocycles. The first-order valence-corrected chi connectivity index (χ1v) is 7.88. The van der Waals surface area contributed by atoms with Crippen LogP contribution in [0.15, 0.2) is 52.9 Å². The monoisotopic (exact) mass is 306 g/mol. The Hall–Kier alpha value is -2.55. The minimum Gasteiger partial charge on any atom is -0.489 e. The average Bonchev–Trinajstić information content (AvgIpc) is 3.30. The molecule has 3 nitrogen and oxygen atoms in total. The molecule has 3 aromatic rings. The summed E-state index contributed by atoms with van der Waals surface area (Å²) in [6, 6.07) is 15.9. The first-order valence-electron chi connectivity index (χ1n) is 7.88. The zero-order chi connectivity index (χ0) is 15.9. The fraction of sp³-hybridized carbons (Fsp3) is 0.250. The largest absolute Gasteiger partial charge is 0.489 e. The summed E-state index contributed by atoms with van der Waals surface area (Å²) in [5, 5.41) is 0.998. The lowest BCUT2D eigenvalue weighted by Gasteiger charge is -2.08. The summed E-state index contributed by atoms with van der Waals surface area (Å²) in [5.41, 5.74) is 2.64. The fourth-order valence-corrected chi connectivity index (χ4v) is 3.21. The molecule has 0 radical (unpaired) electrons. The Morgan fingerprint density at radius 3 is 2.65 bits per heavy atom. The number of aryl methyl sites for hydroxylation is 1. The molecule has 0 bridgehead atoms. The number of fused-ring (bicyclic) bond motifs is 1. The molecule has 1 aliphatic rings. The van der Waals surface area contributed by atoms with Crippen molar-refractivity contribution in [3.05, 3.63) is 65.4 Å². The third-order valence-electron chi connectivity index (χ3n) is 4.60. The molecular weight excluding hydrogens is 288 g/mol. The predicted octanol–water partition coefficient (Wildman–Crippen LogP) is 4.55. The first kappa shape index (κ1) is 14.1. The smallest absolute Gasteiger partial charge is 0.134 e. The normalized spacial score (nSPS) is 15.5. The molecule has 116 valence electrons. The minimum atomic E-state index is -0.340. The van der Waals surface area contributed by atoms with Gasteiger partial charge in [-0.1, -0.05) is 30.3 Å². The summed E-state index contributed by atoms with van der Waals surface area (Å²) < 4.78 is 11.7. The number of furan rings is 1. The third kappa shape index (κ3) is 2.42. The van der Waals surface area contributed by atoms with Crippen LogP contribution in [0.25, 0.3) is 11.0 Å². The molecular formula is C20H18O3. The van der Waals surface area contributed by atoms with Gasteiger partial charge in [0, 0.05) is 10.9 Å². The quantitative estimate of drug-likeness (QED) is 0.649. The Balaban J connectivity index is 1.67. The molecule has 2 aromatic carbocycles. The van der Waals surface area contributed by atoms with Gasteiger partial charge in [-0.3, -0.25) is 0 Å². The van der Waals surface area contributed by atoms with Gasteiger partial charge in [-0.15, -0.1) is 0 Å². The first-order chi connectivity index (χ1) is 11.2. The van der Waals surface area contributed by atoms with Gasteiger partial charge < -0.3 is 13.9 Å². The average molecular weight is 306 g/mol. The topological polar surface area (TPSA) is 39.4 Å². The van der Waals surface area contributed by atoms with E-state index < -0.39 is 0 Å². The van der Waals surface area contributed by atoms with Gasteiger partial charge in [-0.2, -0.15) is 0 Å². The Morgan fingerprint density at radius 1 is 1.17 bits per heavy atom. The van der Waals surface area contributed by atoms with Crippen molar-refractivity contribution in [2.75, 3.05) is 0 Å². The lowest BCUT2D eigenvalue weighted by molar-refractivity contribution is -0.109. The van der Waals surface area contributed by atoms with Crippen LogP contribution in [0.4, 0.5) is 0 Å². The van der Waals surface area contributed by atoms with Crippen LogP contribution in [0.1, 0.15) is 29.7 Å². The maximum Gasteiger partial charge on any atom is 0.134 e. The summed E-state index contributed by atoms with van der Waals surface area (Å²) in [6.45, 7) is 2.46. The van der Waals surface area contributed by atoms with E-state index in [0.717, 1.165) is 52.7 Å². The molecule has 1 aliphatic carbocycles. The van der Waals surface area contributed by atoms with Crippen molar-refractivity contribution >= 4 is 17.3 Å². The molecule has 1 aromatic heterocycles. The molecule has 1 heterocycles.